The highest BCUT2D eigenvalue weighted by Gasteiger charge is 2.32. The van der Waals surface area contributed by atoms with E-state index in [2.05, 4.69) is 5.32 Å². The van der Waals surface area contributed by atoms with Crippen molar-refractivity contribution in [2.24, 2.45) is 11.8 Å². The Morgan fingerprint density at radius 3 is 2.61 bits per heavy atom. The lowest BCUT2D eigenvalue weighted by Crippen LogP contribution is -2.37. The van der Waals surface area contributed by atoms with Crippen LogP contribution in [0.15, 0.2) is 18.2 Å². The Morgan fingerprint density at radius 1 is 1.17 bits per heavy atom. The van der Waals surface area contributed by atoms with Crippen LogP contribution in [0.4, 0.5) is 4.39 Å². The molecule has 3 heteroatoms. The molecule has 2 unspecified atom stereocenters. The molecule has 0 amide bonds. The summed E-state index contributed by atoms with van der Waals surface area (Å²) >= 11 is 5.82. The molecule has 2 atom stereocenters. The summed E-state index contributed by atoms with van der Waals surface area (Å²) in [5, 5.41) is 3.83. The first-order valence-electron chi connectivity index (χ1n) is 6.90. The Kier molecular flexibility index (Phi) is 3.58. The van der Waals surface area contributed by atoms with E-state index in [9.17, 15) is 4.39 Å². The summed E-state index contributed by atoms with van der Waals surface area (Å²) in [6, 6.07) is 6.10. The lowest BCUT2D eigenvalue weighted by molar-refractivity contribution is 0.169. The average Bonchev–Trinajstić information content (AvgIpc) is 3.14. The van der Waals surface area contributed by atoms with Gasteiger partial charge in [0.05, 0.1) is 5.02 Å². The molecule has 98 valence electrons. The van der Waals surface area contributed by atoms with E-state index in [1.807, 2.05) is 12.1 Å². The fourth-order valence-corrected chi connectivity index (χ4v) is 2.96. The van der Waals surface area contributed by atoms with Crippen LogP contribution in [0, 0.1) is 17.7 Å². The van der Waals surface area contributed by atoms with Crippen molar-refractivity contribution < 1.29 is 4.39 Å². The number of hydrogen-bond donors (Lipinski definition) is 1. The highest BCUT2D eigenvalue weighted by atomic mass is 35.5. The lowest BCUT2D eigenvalue weighted by atomic mass is 9.70. The van der Waals surface area contributed by atoms with Crippen molar-refractivity contribution in [3.63, 3.8) is 0 Å². The molecule has 1 aromatic rings. The highest BCUT2D eigenvalue weighted by molar-refractivity contribution is 6.30. The fourth-order valence-electron chi connectivity index (χ4n) is 2.77. The van der Waals surface area contributed by atoms with Crippen LogP contribution >= 0.6 is 11.6 Å². The Balaban J connectivity index is 1.56. The van der Waals surface area contributed by atoms with Crippen molar-refractivity contribution in [1.82, 2.24) is 5.32 Å². The Hall–Kier alpha value is -0.600. The van der Waals surface area contributed by atoms with Crippen LogP contribution < -0.4 is 5.32 Å². The molecule has 3 rings (SSSR count). The van der Waals surface area contributed by atoms with Crippen molar-refractivity contribution in [3.05, 3.63) is 34.6 Å². The monoisotopic (exact) mass is 267 g/mol. The number of benzene rings is 1. The SMILES string of the molecule is Fc1c(Cl)cccc1CC1CCC1CNC1CC1. The van der Waals surface area contributed by atoms with Crippen molar-refractivity contribution in [3.8, 4) is 0 Å². The molecule has 2 fully saturated rings. The molecular formula is C15H19ClFN. The van der Waals surface area contributed by atoms with E-state index in [0.717, 1.165) is 30.5 Å². The van der Waals surface area contributed by atoms with E-state index < -0.39 is 0 Å². The molecule has 1 aromatic carbocycles. The zero-order valence-electron chi connectivity index (χ0n) is 10.5. The largest absolute Gasteiger partial charge is 0.314 e. The molecule has 1 nitrogen and oxygen atoms in total. The fraction of sp³-hybridized carbons (Fsp3) is 0.600. The van der Waals surface area contributed by atoms with Gasteiger partial charge in [0.2, 0.25) is 0 Å². The summed E-state index contributed by atoms with van der Waals surface area (Å²) < 4.78 is 13.8. The number of nitrogens with one attached hydrogen (secondary N) is 1. The number of rotatable bonds is 5. The van der Waals surface area contributed by atoms with Crippen LogP contribution in [0.3, 0.4) is 0 Å². The molecule has 0 radical (unpaired) electrons. The van der Waals surface area contributed by atoms with Crippen molar-refractivity contribution >= 4 is 11.6 Å². The first-order chi connectivity index (χ1) is 8.74. The second-order valence-electron chi connectivity index (χ2n) is 5.70. The van der Waals surface area contributed by atoms with Gasteiger partial charge in [0.15, 0.2) is 0 Å². The second-order valence-corrected chi connectivity index (χ2v) is 6.10. The summed E-state index contributed by atoms with van der Waals surface area (Å²) in [6.07, 6.45) is 6.01. The Labute approximate surface area is 113 Å². The van der Waals surface area contributed by atoms with Gasteiger partial charge in [-0.2, -0.15) is 0 Å². The van der Waals surface area contributed by atoms with Gasteiger partial charge in [-0.1, -0.05) is 23.7 Å². The van der Waals surface area contributed by atoms with Crippen LogP contribution in [0.25, 0.3) is 0 Å². The van der Waals surface area contributed by atoms with Gasteiger partial charge in [-0.3, -0.25) is 0 Å². The molecule has 18 heavy (non-hydrogen) atoms. The smallest absolute Gasteiger partial charge is 0.144 e. The molecule has 1 N–H and O–H groups in total. The van der Waals surface area contributed by atoms with Crippen LogP contribution in [0.2, 0.25) is 5.02 Å². The van der Waals surface area contributed by atoms with Crippen LogP contribution in [0.1, 0.15) is 31.2 Å². The van der Waals surface area contributed by atoms with Crippen molar-refractivity contribution in [2.45, 2.75) is 38.1 Å². The molecule has 0 spiro atoms. The highest BCUT2D eigenvalue weighted by Crippen LogP contribution is 2.37. The van der Waals surface area contributed by atoms with Gasteiger partial charge in [-0.15, -0.1) is 0 Å². The summed E-state index contributed by atoms with van der Waals surface area (Å²) in [6.45, 7) is 1.11. The van der Waals surface area contributed by atoms with Crippen LogP contribution in [-0.4, -0.2) is 12.6 Å². The van der Waals surface area contributed by atoms with Crippen LogP contribution in [0.5, 0.6) is 0 Å². The third-order valence-corrected chi connectivity index (χ3v) is 4.63. The zero-order chi connectivity index (χ0) is 12.5. The minimum Gasteiger partial charge on any atom is -0.314 e. The molecule has 0 saturated heterocycles. The molecule has 0 aliphatic heterocycles. The summed E-state index contributed by atoms with van der Waals surface area (Å²) in [5.41, 5.74) is 0.781. The van der Waals surface area contributed by atoms with Gasteiger partial charge < -0.3 is 5.32 Å². The first kappa shape index (κ1) is 12.4. The minimum atomic E-state index is -0.222. The van der Waals surface area contributed by atoms with Crippen molar-refractivity contribution in [2.75, 3.05) is 6.54 Å². The Bertz CT molecular complexity index is 431. The number of halogens is 2. The van der Waals surface area contributed by atoms with Gasteiger partial charge >= 0.3 is 0 Å². The molecule has 2 aliphatic carbocycles. The summed E-state index contributed by atoms with van der Waals surface area (Å²) in [4.78, 5) is 0. The van der Waals surface area contributed by atoms with E-state index in [4.69, 9.17) is 11.6 Å². The maximum Gasteiger partial charge on any atom is 0.144 e. The van der Waals surface area contributed by atoms with E-state index in [1.54, 1.807) is 6.07 Å². The van der Waals surface area contributed by atoms with Crippen molar-refractivity contribution in [1.29, 1.82) is 0 Å². The van der Waals surface area contributed by atoms with Gasteiger partial charge in [-0.25, -0.2) is 4.39 Å². The predicted molar refractivity (Wildman–Crippen MR) is 72.4 cm³/mol. The number of hydrogen-bond acceptors (Lipinski definition) is 1. The lowest BCUT2D eigenvalue weighted by Gasteiger charge is -2.37. The van der Waals surface area contributed by atoms with Crippen LogP contribution in [-0.2, 0) is 6.42 Å². The molecule has 2 saturated carbocycles. The van der Waals surface area contributed by atoms with E-state index >= 15 is 0 Å². The Morgan fingerprint density at radius 2 is 1.94 bits per heavy atom. The second kappa shape index (κ2) is 5.18. The van der Waals surface area contributed by atoms with E-state index in [1.165, 1.54) is 25.7 Å². The third-order valence-electron chi connectivity index (χ3n) is 4.33. The summed E-state index contributed by atoms with van der Waals surface area (Å²) in [5.74, 6) is 1.13. The molecule has 0 aromatic heterocycles. The molecular weight excluding hydrogens is 249 g/mol. The van der Waals surface area contributed by atoms with Gasteiger partial charge in [0.1, 0.15) is 5.82 Å². The quantitative estimate of drug-likeness (QED) is 0.856. The zero-order valence-corrected chi connectivity index (χ0v) is 11.2. The van der Waals surface area contributed by atoms with Gasteiger partial charge in [-0.05, 0) is 62.1 Å². The maximum absolute atomic E-state index is 13.8. The third kappa shape index (κ3) is 2.70. The van der Waals surface area contributed by atoms with Gasteiger partial charge in [0, 0.05) is 6.04 Å². The van der Waals surface area contributed by atoms with E-state index in [0.29, 0.717) is 5.92 Å². The topological polar surface area (TPSA) is 12.0 Å². The van der Waals surface area contributed by atoms with Gasteiger partial charge in [0.25, 0.3) is 0 Å². The molecule has 0 heterocycles. The normalized spacial score (nSPS) is 27.0. The minimum absolute atomic E-state index is 0.222. The standard InChI is InChI=1S/C15H19ClFN/c16-14-3-1-2-11(15(14)17)8-10-4-5-12(10)9-18-13-6-7-13/h1-3,10,12-13,18H,4-9H2. The van der Waals surface area contributed by atoms with E-state index in [-0.39, 0.29) is 10.8 Å². The first-order valence-corrected chi connectivity index (χ1v) is 7.28. The maximum atomic E-state index is 13.8. The average molecular weight is 268 g/mol. The predicted octanol–water partition coefficient (Wildman–Crippen LogP) is 3.80. The molecule has 2 aliphatic rings. The molecule has 0 bridgehead atoms. The summed E-state index contributed by atoms with van der Waals surface area (Å²) in [7, 11) is 0.